The number of thiazole rings is 1. The standard InChI is InChI=1S/C21H14BrClN4OS/c1-12-10-18-26-19(20(27(18)28-12)13-2-4-14(22)5-3-13)17-11-29-21(25-17)24-16-8-6-15(23)7-9-16/h2-11H,1H3,(H,24,25). The highest BCUT2D eigenvalue weighted by atomic mass is 79.9. The molecule has 0 bridgehead atoms. The molecule has 0 spiro atoms. The van der Waals surface area contributed by atoms with Gasteiger partial charge in [0.05, 0.1) is 0 Å². The van der Waals surface area contributed by atoms with Gasteiger partial charge in [0, 0.05) is 32.2 Å². The number of imidazole rings is 1. The van der Waals surface area contributed by atoms with Gasteiger partial charge in [0.2, 0.25) is 0 Å². The second-order valence-corrected chi connectivity index (χ2v) is 8.69. The first-order valence-electron chi connectivity index (χ1n) is 8.80. The Bertz CT molecular complexity index is 1310. The van der Waals surface area contributed by atoms with Crippen LogP contribution >= 0.6 is 38.9 Å². The molecule has 1 N–H and O–H groups in total. The summed E-state index contributed by atoms with van der Waals surface area (Å²) in [5, 5.41) is 6.79. The molecule has 3 aromatic heterocycles. The van der Waals surface area contributed by atoms with Crippen molar-refractivity contribution >= 4 is 55.3 Å². The van der Waals surface area contributed by atoms with Gasteiger partial charge in [-0.3, -0.25) is 0 Å². The first-order valence-corrected chi connectivity index (χ1v) is 10.9. The zero-order valence-corrected chi connectivity index (χ0v) is 18.3. The summed E-state index contributed by atoms with van der Waals surface area (Å²) in [5.41, 5.74) is 5.15. The molecule has 0 unspecified atom stereocenters. The topological polar surface area (TPSA) is 55.4 Å². The summed E-state index contributed by atoms with van der Waals surface area (Å²) < 4.78 is 8.67. The van der Waals surface area contributed by atoms with Crippen molar-refractivity contribution in [2.75, 3.05) is 5.32 Å². The second-order valence-electron chi connectivity index (χ2n) is 6.48. The van der Waals surface area contributed by atoms with E-state index in [-0.39, 0.29) is 0 Å². The van der Waals surface area contributed by atoms with Gasteiger partial charge >= 0.3 is 0 Å². The molecule has 144 valence electrons. The lowest BCUT2D eigenvalue weighted by Crippen LogP contribution is -1.91. The molecule has 0 saturated heterocycles. The van der Waals surface area contributed by atoms with E-state index in [4.69, 9.17) is 26.1 Å². The van der Waals surface area contributed by atoms with Crippen LogP contribution in [0.5, 0.6) is 0 Å². The van der Waals surface area contributed by atoms with Gasteiger partial charge in [0.15, 0.2) is 10.8 Å². The Morgan fingerprint density at radius 3 is 2.59 bits per heavy atom. The summed E-state index contributed by atoms with van der Waals surface area (Å²) in [6.45, 7) is 1.91. The molecule has 0 amide bonds. The predicted molar refractivity (Wildman–Crippen MR) is 121 cm³/mol. The van der Waals surface area contributed by atoms with Crippen LogP contribution < -0.4 is 5.32 Å². The Morgan fingerprint density at radius 1 is 1.07 bits per heavy atom. The Labute approximate surface area is 184 Å². The monoisotopic (exact) mass is 484 g/mol. The van der Waals surface area contributed by atoms with Gasteiger partial charge in [-0.1, -0.05) is 39.7 Å². The van der Waals surface area contributed by atoms with Gasteiger partial charge in [-0.05, 0) is 43.3 Å². The van der Waals surface area contributed by atoms with Gasteiger partial charge in [0.1, 0.15) is 22.8 Å². The van der Waals surface area contributed by atoms with Crippen LogP contribution in [0.4, 0.5) is 10.8 Å². The molecule has 3 heterocycles. The normalized spacial score (nSPS) is 11.3. The highest BCUT2D eigenvalue weighted by Gasteiger charge is 2.21. The fourth-order valence-electron chi connectivity index (χ4n) is 3.10. The minimum atomic E-state index is 0.699. The molecule has 0 aliphatic heterocycles. The molecule has 5 rings (SSSR count). The van der Waals surface area contributed by atoms with E-state index in [1.54, 1.807) is 4.57 Å². The van der Waals surface area contributed by atoms with Crippen molar-refractivity contribution in [2.45, 2.75) is 6.92 Å². The molecule has 0 aliphatic rings. The Balaban J connectivity index is 1.57. The maximum absolute atomic E-state index is 5.96. The molecule has 29 heavy (non-hydrogen) atoms. The first-order chi connectivity index (χ1) is 14.1. The average Bonchev–Trinajstić information content (AvgIpc) is 3.38. The summed E-state index contributed by atoms with van der Waals surface area (Å²) in [7, 11) is 0. The number of nitrogens with zero attached hydrogens (tertiary/aromatic N) is 3. The first kappa shape index (κ1) is 18.4. The van der Waals surface area contributed by atoms with Crippen LogP contribution in [0.15, 0.2) is 69.0 Å². The van der Waals surface area contributed by atoms with Crippen molar-refractivity contribution in [1.29, 1.82) is 0 Å². The van der Waals surface area contributed by atoms with Crippen LogP contribution in [0.2, 0.25) is 5.02 Å². The molecule has 5 aromatic rings. The minimum absolute atomic E-state index is 0.699. The third-order valence-electron chi connectivity index (χ3n) is 4.39. The third-order valence-corrected chi connectivity index (χ3v) is 5.93. The van der Waals surface area contributed by atoms with E-state index in [2.05, 4.69) is 21.2 Å². The van der Waals surface area contributed by atoms with Crippen molar-refractivity contribution in [2.24, 2.45) is 0 Å². The largest absolute Gasteiger partial charge is 0.378 e. The summed E-state index contributed by atoms with van der Waals surface area (Å²) >= 11 is 11.0. The summed E-state index contributed by atoms with van der Waals surface area (Å²) in [4.78, 5) is 9.54. The Hall–Kier alpha value is -2.61. The fraction of sp³-hybridized carbons (Fsp3) is 0.0476. The van der Waals surface area contributed by atoms with Crippen molar-refractivity contribution in [3.63, 3.8) is 0 Å². The van der Waals surface area contributed by atoms with Crippen LogP contribution in [0, 0.1) is 6.92 Å². The summed E-state index contributed by atoms with van der Waals surface area (Å²) in [6.07, 6.45) is 0. The number of benzene rings is 2. The van der Waals surface area contributed by atoms with E-state index in [9.17, 15) is 0 Å². The SMILES string of the molecule is Cc1cc2nc(-c3csc(Nc4ccc(Cl)cc4)n3)c(-c3ccc(Br)cc3)n2o1. The molecule has 8 heteroatoms. The quantitative estimate of drug-likeness (QED) is 0.293. The number of hydrogen-bond acceptors (Lipinski definition) is 5. The van der Waals surface area contributed by atoms with Gasteiger partial charge in [-0.25, -0.2) is 9.97 Å². The van der Waals surface area contributed by atoms with Crippen molar-refractivity contribution in [1.82, 2.24) is 14.5 Å². The average molecular weight is 486 g/mol. The van der Waals surface area contributed by atoms with Crippen LogP contribution in [-0.2, 0) is 0 Å². The molecule has 0 saturated carbocycles. The van der Waals surface area contributed by atoms with E-state index in [1.165, 1.54) is 11.3 Å². The summed E-state index contributed by atoms with van der Waals surface area (Å²) in [6, 6.07) is 17.5. The number of rotatable bonds is 4. The molecule has 2 aromatic carbocycles. The number of aryl methyl sites for hydroxylation is 1. The van der Waals surface area contributed by atoms with Crippen LogP contribution in [0.25, 0.3) is 28.3 Å². The number of hydrogen-bond donors (Lipinski definition) is 1. The fourth-order valence-corrected chi connectivity index (χ4v) is 4.20. The molecule has 0 radical (unpaired) electrons. The lowest BCUT2D eigenvalue weighted by molar-refractivity contribution is 0.361. The number of fused-ring (bicyclic) bond motifs is 1. The zero-order valence-electron chi connectivity index (χ0n) is 15.2. The Kier molecular flexibility index (Phi) is 4.66. The molecule has 5 nitrogen and oxygen atoms in total. The highest BCUT2D eigenvalue weighted by molar-refractivity contribution is 9.10. The lowest BCUT2D eigenvalue weighted by Gasteiger charge is -2.03. The number of halogens is 2. The van der Waals surface area contributed by atoms with E-state index in [0.29, 0.717) is 5.02 Å². The molecular formula is C21H14BrClN4OS. The van der Waals surface area contributed by atoms with E-state index in [0.717, 1.165) is 49.3 Å². The van der Waals surface area contributed by atoms with Crippen LogP contribution in [0.1, 0.15) is 5.76 Å². The molecular weight excluding hydrogens is 472 g/mol. The van der Waals surface area contributed by atoms with Gasteiger partial charge in [0.25, 0.3) is 0 Å². The summed E-state index contributed by atoms with van der Waals surface area (Å²) in [5.74, 6) is 0.806. The number of nitrogens with one attached hydrogen (secondary N) is 1. The maximum Gasteiger partial charge on any atom is 0.187 e. The lowest BCUT2D eigenvalue weighted by atomic mass is 10.1. The van der Waals surface area contributed by atoms with E-state index in [1.807, 2.05) is 66.9 Å². The number of aromatic nitrogens is 3. The van der Waals surface area contributed by atoms with Gasteiger partial charge < -0.3 is 9.84 Å². The smallest absolute Gasteiger partial charge is 0.187 e. The molecule has 0 atom stereocenters. The van der Waals surface area contributed by atoms with Crippen molar-refractivity contribution < 1.29 is 4.52 Å². The Morgan fingerprint density at radius 2 is 1.83 bits per heavy atom. The van der Waals surface area contributed by atoms with Crippen LogP contribution in [0.3, 0.4) is 0 Å². The molecule has 0 aliphatic carbocycles. The third kappa shape index (κ3) is 3.57. The zero-order chi connectivity index (χ0) is 20.0. The second kappa shape index (κ2) is 7.33. The van der Waals surface area contributed by atoms with Gasteiger partial charge in [-0.15, -0.1) is 11.3 Å². The molecule has 0 fully saturated rings. The minimum Gasteiger partial charge on any atom is -0.378 e. The van der Waals surface area contributed by atoms with Crippen molar-refractivity contribution in [3.05, 3.63) is 75.2 Å². The van der Waals surface area contributed by atoms with Crippen LogP contribution in [-0.4, -0.2) is 14.5 Å². The number of anilines is 2. The van der Waals surface area contributed by atoms with E-state index < -0.39 is 0 Å². The maximum atomic E-state index is 5.96. The predicted octanol–water partition coefficient (Wildman–Crippen LogP) is 7.19. The van der Waals surface area contributed by atoms with Gasteiger partial charge in [-0.2, -0.15) is 4.57 Å². The van der Waals surface area contributed by atoms with Crippen molar-refractivity contribution in [3.8, 4) is 22.6 Å². The highest BCUT2D eigenvalue weighted by Crippen LogP contribution is 2.36. The van der Waals surface area contributed by atoms with E-state index >= 15 is 0 Å².